The lowest BCUT2D eigenvalue weighted by molar-refractivity contribution is -0.0565. The topological polar surface area (TPSA) is 40.5 Å². The maximum absolute atomic E-state index is 10.3. The predicted molar refractivity (Wildman–Crippen MR) is 74.3 cm³/mol. The van der Waals surface area contributed by atoms with Gasteiger partial charge in [0.25, 0.3) is 0 Å². The zero-order valence-electron chi connectivity index (χ0n) is 12.2. The van der Waals surface area contributed by atoms with Crippen LogP contribution >= 0.6 is 0 Å². The van der Waals surface area contributed by atoms with Gasteiger partial charge in [0.15, 0.2) is 0 Å². The van der Waals surface area contributed by atoms with Crippen LogP contribution in [0.2, 0.25) is 0 Å². The largest absolute Gasteiger partial charge is 0.393 e. The third kappa shape index (κ3) is 3.08. The van der Waals surface area contributed by atoms with Crippen LogP contribution in [0.5, 0.6) is 0 Å². The molecule has 2 aliphatic carbocycles. The monoisotopic (exact) mass is 254 g/mol. The van der Waals surface area contributed by atoms with Gasteiger partial charge in [0.1, 0.15) is 0 Å². The standard InChI is InChI=1S/C16H30O2/c1-16(2,3)11-8-9-15(18)13(10-11)12-6-4-5-7-14(12)17/h11-15,17-18H,4-10H2,1-3H3. The van der Waals surface area contributed by atoms with Crippen molar-refractivity contribution >= 4 is 0 Å². The quantitative estimate of drug-likeness (QED) is 0.753. The summed E-state index contributed by atoms with van der Waals surface area (Å²) in [4.78, 5) is 0. The van der Waals surface area contributed by atoms with Crippen molar-refractivity contribution in [2.24, 2.45) is 23.2 Å². The average Bonchev–Trinajstić information content (AvgIpc) is 2.29. The van der Waals surface area contributed by atoms with Crippen LogP contribution < -0.4 is 0 Å². The molecule has 0 saturated heterocycles. The minimum Gasteiger partial charge on any atom is -0.393 e. The molecule has 0 radical (unpaired) electrons. The number of hydrogen-bond acceptors (Lipinski definition) is 2. The van der Waals surface area contributed by atoms with E-state index in [1.165, 1.54) is 6.42 Å². The van der Waals surface area contributed by atoms with Crippen molar-refractivity contribution in [3.8, 4) is 0 Å². The smallest absolute Gasteiger partial charge is 0.0572 e. The maximum Gasteiger partial charge on any atom is 0.0572 e. The Hall–Kier alpha value is -0.0800. The number of aliphatic hydroxyl groups is 2. The van der Waals surface area contributed by atoms with Gasteiger partial charge in [0.2, 0.25) is 0 Å². The van der Waals surface area contributed by atoms with Gasteiger partial charge in [0.05, 0.1) is 12.2 Å². The van der Waals surface area contributed by atoms with E-state index in [4.69, 9.17) is 0 Å². The highest BCUT2D eigenvalue weighted by Crippen LogP contribution is 2.45. The molecular formula is C16H30O2. The van der Waals surface area contributed by atoms with Crippen molar-refractivity contribution in [3.63, 3.8) is 0 Å². The highest BCUT2D eigenvalue weighted by Gasteiger charge is 2.41. The van der Waals surface area contributed by atoms with Gasteiger partial charge in [-0.05, 0) is 55.3 Å². The predicted octanol–water partition coefficient (Wildman–Crippen LogP) is 3.36. The van der Waals surface area contributed by atoms with E-state index in [1.807, 2.05) is 0 Å². The van der Waals surface area contributed by atoms with Crippen LogP contribution in [-0.2, 0) is 0 Å². The van der Waals surface area contributed by atoms with Gasteiger partial charge < -0.3 is 10.2 Å². The van der Waals surface area contributed by atoms with E-state index in [9.17, 15) is 10.2 Å². The summed E-state index contributed by atoms with van der Waals surface area (Å²) in [6.45, 7) is 6.93. The molecule has 2 nitrogen and oxygen atoms in total. The minimum absolute atomic E-state index is 0.169. The summed E-state index contributed by atoms with van der Waals surface area (Å²) >= 11 is 0. The van der Waals surface area contributed by atoms with Gasteiger partial charge in [-0.1, -0.05) is 33.6 Å². The highest BCUT2D eigenvalue weighted by atomic mass is 16.3. The lowest BCUT2D eigenvalue weighted by Gasteiger charge is -2.45. The Morgan fingerprint density at radius 1 is 0.778 bits per heavy atom. The van der Waals surface area contributed by atoms with Gasteiger partial charge in [-0.3, -0.25) is 0 Å². The fourth-order valence-electron chi connectivity index (χ4n) is 4.08. The van der Waals surface area contributed by atoms with E-state index >= 15 is 0 Å². The molecule has 0 bridgehead atoms. The maximum atomic E-state index is 10.3. The molecule has 2 saturated carbocycles. The Bertz CT molecular complexity index is 269. The lowest BCUT2D eigenvalue weighted by Crippen LogP contribution is -2.43. The van der Waals surface area contributed by atoms with Crippen molar-refractivity contribution in [2.45, 2.75) is 77.9 Å². The van der Waals surface area contributed by atoms with Crippen LogP contribution in [0.4, 0.5) is 0 Å². The van der Waals surface area contributed by atoms with Crippen molar-refractivity contribution in [3.05, 3.63) is 0 Å². The number of rotatable bonds is 1. The Balaban J connectivity index is 2.05. The third-order valence-corrected chi connectivity index (χ3v) is 5.42. The van der Waals surface area contributed by atoms with Gasteiger partial charge in [-0.25, -0.2) is 0 Å². The van der Waals surface area contributed by atoms with E-state index in [0.717, 1.165) is 38.5 Å². The average molecular weight is 254 g/mol. The zero-order chi connectivity index (χ0) is 13.3. The Labute approximate surface area is 112 Å². The molecule has 2 N–H and O–H groups in total. The van der Waals surface area contributed by atoms with Crippen LogP contribution in [0.1, 0.15) is 65.7 Å². The Morgan fingerprint density at radius 2 is 1.39 bits per heavy atom. The summed E-state index contributed by atoms with van der Waals surface area (Å²) in [7, 11) is 0. The van der Waals surface area contributed by atoms with Crippen molar-refractivity contribution in [1.82, 2.24) is 0 Å². The number of hydrogen-bond donors (Lipinski definition) is 2. The Kier molecular flexibility index (Phi) is 4.38. The molecule has 5 atom stereocenters. The second kappa shape index (κ2) is 5.50. The van der Waals surface area contributed by atoms with E-state index in [1.54, 1.807) is 0 Å². The minimum atomic E-state index is -0.179. The molecule has 0 heterocycles. The molecular weight excluding hydrogens is 224 g/mol. The number of aliphatic hydroxyl groups excluding tert-OH is 2. The second-order valence-corrected chi connectivity index (χ2v) is 7.62. The molecule has 0 spiro atoms. The lowest BCUT2D eigenvalue weighted by atomic mass is 9.63. The molecule has 5 unspecified atom stereocenters. The normalized spacial score (nSPS) is 42.8. The van der Waals surface area contributed by atoms with Gasteiger partial charge in [0, 0.05) is 0 Å². The molecule has 2 aliphatic rings. The first-order chi connectivity index (χ1) is 8.39. The van der Waals surface area contributed by atoms with Crippen LogP contribution in [0, 0.1) is 23.2 Å². The van der Waals surface area contributed by atoms with E-state index in [0.29, 0.717) is 23.2 Å². The zero-order valence-corrected chi connectivity index (χ0v) is 12.2. The summed E-state index contributed by atoms with van der Waals surface area (Å²) in [5.41, 5.74) is 0.331. The molecule has 18 heavy (non-hydrogen) atoms. The molecule has 0 aromatic heterocycles. The summed E-state index contributed by atoms with van der Waals surface area (Å²) in [6, 6.07) is 0. The van der Waals surface area contributed by atoms with E-state index in [2.05, 4.69) is 20.8 Å². The van der Waals surface area contributed by atoms with Crippen LogP contribution in [-0.4, -0.2) is 22.4 Å². The Morgan fingerprint density at radius 3 is 2.00 bits per heavy atom. The molecule has 0 amide bonds. The van der Waals surface area contributed by atoms with Crippen molar-refractivity contribution in [2.75, 3.05) is 0 Å². The van der Waals surface area contributed by atoms with Gasteiger partial charge >= 0.3 is 0 Å². The SMILES string of the molecule is CC(C)(C)C1CCC(O)C(C2CCCCC2O)C1. The van der Waals surface area contributed by atoms with Crippen LogP contribution in [0.25, 0.3) is 0 Å². The molecule has 0 aromatic rings. The molecule has 2 heteroatoms. The van der Waals surface area contributed by atoms with Gasteiger partial charge in [-0.2, -0.15) is 0 Å². The first kappa shape index (κ1) is 14.3. The molecule has 2 rings (SSSR count). The van der Waals surface area contributed by atoms with E-state index < -0.39 is 0 Å². The third-order valence-electron chi connectivity index (χ3n) is 5.42. The van der Waals surface area contributed by atoms with Gasteiger partial charge in [-0.15, -0.1) is 0 Å². The van der Waals surface area contributed by atoms with Crippen molar-refractivity contribution < 1.29 is 10.2 Å². The van der Waals surface area contributed by atoms with Crippen molar-refractivity contribution in [1.29, 1.82) is 0 Å². The highest BCUT2D eigenvalue weighted by molar-refractivity contribution is 4.91. The molecule has 0 aliphatic heterocycles. The molecule has 2 fully saturated rings. The summed E-state index contributed by atoms with van der Waals surface area (Å²) in [6.07, 6.45) is 7.26. The molecule has 0 aromatic carbocycles. The van der Waals surface area contributed by atoms with E-state index in [-0.39, 0.29) is 12.2 Å². The fraction of sp³-hybridized carbons (Fsp3) is 1.00. The fourth-order valence-corrected chi connectivity index (χ4v) is 4.08. The molecule has 106 valence electrons. The summed E-state index contributed by atoms with van der Waals surface area (Å²) in [5.74, 6) is 1.37. The second-order valence-electron chi connectivity index (χ2n) is 7.62. The summed E-state index contributed by atoms with van der Waals surface area (Å²) < 4.78 is 0. The van der Waals surface area contributed by atoms with Crippen LogP contribution in [0.3, 0.4) is 0 Å². The summed E-state index contributed by atoms with van der Waals surface area (Å²) in [5, 5.41) is 20.5. The first-order valence-corrected chi connectivity index (χ1v) is 7.75. The first-order valence-electron chi connectivity index (χ1n) is 7.75. The van der Waals surface area contributed by atoms with Crippen LogP contribution in [0.15, 0.2) is 0 Å².